The van der Waals surface area contributed by atoms with E-state index in [1.165, 1.54) is 12.1 Å². The SMILES string of the molecule is C/C=C/CC(=O)c1ccc(O)cc1O. The maximum Gasteiger partial charge on any atom is 0.170 e. The highest BCUT2D eigenvalue weighted by Gasteiger charge is 2.09. The number of benzene rings is 1. The van der Waals surface area contributed by atoms with E-state index in [4.69, 9.17) is 5.11 Å². The van der Waals surface area contributed by atoms with Gasteiger partial charge in [-0.05, 0) is 19.1 Å². The van der Waals surface area contributed by atoms with Crippen LogP contribution in [0, 0.1) is 0 Å². The van der Waals surface area contributed by atoms with E-state index in [-0.39, 0.29) is 29.3 Å². The van der Waals surface area contributed by atoms with Crippen LogP contribution in [0.2, 0.25) is 0 Å². The van der Waals surface area contributed by atoms with Gasteiger partial charge in [0.1, 0.15) is 11.5 Å². The maximum atomic E-state index is 11.4. The fourth-order valence-electron chi connectivity index (χ4n) is 1.09. The number of phenols is 2. The lowest BCUT2D eigenvalue weighted by Gasteiger charge is -2.01. The molecular formula is C11H12O3. The monoisotopic (exact) mass is 192 g/mol. The highest BCUT2D eigenvalue weighted by Crippen LogP contribution is 2.23. The molecule has 0 amide bonds. The zero-order valence-corrected chi connectivity index (χ0v) is 7.90. The minimum Gasteiger partial charge on any atom is -0.508 e. The number of carbonyl (C=O) groups is 1. The van der Waals surface area contributed by atoms with Crippen molar-refractivity contribution in [3.8, 4) is 11.5 Å². The number of allylic oxidation sites excluding steroid dienone is 2. The number of phenolic OH excluding ortho intramolecular Hbond substituents is 2. The van der Waals surface area contributed by atoms with Gasteiger partial charge < -0.3 is 10.2 Å². The standard InChI is InChI=1S/C11H12O3/c1-2-3-4-10(13)9-6-5-8(12)7-11(9)14/h2-3,5-7,12,14H,4H2,1H3/b3-2+. The van der Waals surface area contributed by atoms with Gasteiger partial charge in [0.15, 0.2) is 5.78 Å². The van der Waals surface area contributed by atoms with Crippen LogP contribution < -0.4 is 0 Å². The topological polar surface area (TPSA) is 57.5 Å². The van der Waals surface area contributed by atoms with E-state index in [0.717, 1.165) is 6.07 Å². The van der Waals surface area contributed by atoms with Gasteiger partial charge in [0.05, 0.1) is 5.56 Å². The van der Waals surface area contributed by atoms with E-state index >= 15 is 0 Å². The Balaban J connectivity index is 2.90. The second-order valence-electron chi connectivity index (χ2n) is 2.90. The molecular weight excluding hydrogens is 180 g/mol. The molecule has 0 aliphatic heterocycles. The molecule has 14 heavy (non-hydrogen) atoms. The second-order valence-corrected chi connectivity index (χ2v) is 2.90. The number of hydrogen-bond acceptors (Lipinski definition) is 3. The first-order valence-corrected chi connectivity index (χ1v) is 4.31. The number of aromatic hydroxyl groups is 2. The fourth-order valence-corrected chi connectivity index (χ4v) is 1.09. The van der Waals surface area contributed by atoms with Crippen molar-refractivity contribution in [2.75, 3.05) is 0 Å². The van der Waals surface area contributed by atoms with Crippen molar-refractivity contribution < 1.29 is 15.0 Å². The minimum atomic E-state index is -0.181. The lowest BCUT2D eigenvalue weighted by atomic mass is 10.1. The van der Waals surface area contributed by atoms with Crippen LogP contribution in [-0.2, 0) is 0 Å². The van der Waals surface area contributed by atoms with Crippen LogP contribution in [0.15, 0.2) is 30.4 Å². The normalized spacial score (nSPS) is 10.6. The van der Waals surface area contributed by atoms with Crippen molar-refractivity contribution in [1.29, 1.82) is 0 Å². The highest BCUT2D eigenvalue weighted by atomic mass is 16.3. The maximum absolute atomic E-state index is 11.4. The van der Waals surface area contributed by atoms with E-state index in [1.807, 2.05) is 6.92 Å². The van der Waals surface area contributed by atoms with Gasteiger partial charge in [-0.15, -0.1) is 0 Å². The van der Waals surface area contributed by atoms with Crippen LogP contribution in [0.1, 0.15) is 23.7 Å². The zero-order valence-electron chi connectivity index (χ0n) is 7.90. The lowest BCUT2D eigenvalue weighted by Crippen LogP contribution is -1.97. The Kier molecular flexibility index (Phi) is 3.29. The Bertz CT molecular complexity index is 367. The van der Waals surface area contributed by atoms with E-state index in [1.54, 1.807) is 12.2 Å². The van der Waals surface area contributed by atoms with Gasteiger partial charge in [0.2, 0.25) is 0 Å². The van der Waals surface area contributed by atoms with Gasteiger partial charge in [0, 0.05) is 12.5 Å². The Labute approximate surface area is 82.3 Å². The molecule has 74 valence electrons. The average Bonchev–Trinajstić information content (AvgIpc) is 2.14. The van der Waals surface area contributed by atoms with Crippen molar-refractivity contribution >= 4 is 5.78 Å². The number of hydrogen-bond donors (Lipinski definition) is 2. The number of ketones is 1. The Morgan fingerprint density at radius 3 is 2.71 bits per heavy atom. The van der Waals surface area contributed by atoms with Crippen LogP contribution in [0.5, 0.6) is 11.5 Å². The number of Topliss-reactive ketones (excluding diaryl/α,β-unsaturated/α-hetero) is 1. The van der Waals surface area contributed by atoms with Gasteiger partial charge in [-0.2, -0.15) is 0 Å². The summed E-state index contributed by atoms with van der Waals surface area (Å²) in [5, 5.41) is 18.4. The molecule has 0 aromatic heterocycles. The van der Waals surface area contributed by atoms with Crippen molar-refractivity contribution in [3.05, 3.63) is 35.9 Å². The first-order valence-electron chi connectivity index (χ1n) is 4.31. The molecule has 0 bridgehead atoms. The third-order valence-corrected chi connectivity index (χ3v) is 1.82. The predicted molar refractivity (Wildman–Crippen MR) is 53.5 cm³/mol. The summed E-state index contributed by atoms with van der Waals surface area (Å²) in [5.74, 6) is -0.398. The summed E-state index contributed by atoms with van der Waals surface area (Å²) in [6.45, 7) is 1.82. The van der Waals surface area contributed by atoms with E-state index < -0.39 is 0 Å². The van der Waals surface area contributed by atoms with Gasteiger partial charge in [-0.25, -0.2) is 0 Å². The van der Waals surface area contributed by atoms with Gasteiger partial charge >= 0.3 is 0 Å². The van der Waals surface area contributed by atoms with Crippen LogP contribution >= 0.6 is 0 Å². The molecule has 1 aromatic carbocycles. The fraction of sp³-hybridized carbons (Fsp3) is 0.182. The summed E-state index contributed by atoms with van der Waals surface area (Å²) < 4.78 is 0. The number of carbonyl (C=O) groups excluding carboxylic acids is 1. The molecule has 3 heteroatoms. The van der Waals surface area contributed by atoms with Crippen LogP contribution in [-0.4, -0.2) is 16.0 Å². The predicted octanol–water partition coefficient (Wildman–Crippen LogP) is 2.25. The van der Waals surface area contributed by atoms with Gasteiger partial charge in [-0.3, -0.25) is 4.79 Å². The zero-order chi connectivity index (χ0) is 10.6. The summed E-state index contributed by atoms with van der Waals surface area (Å²) in [6, 6.07) is 3.95. The molecule has 0 aliphatic carbocycles. The molecule has 0 fully saturated rings. The van der Waals surface area contributed by atoms with Crippen molar-refractivity contribution in [2.24, 2.45) is 0 Å². The summed E-state index contributed by atoms with van der Waals surface area (Å²) in [4.78, 5) is 11.4. The molecule has 0 saturated heterocycles. The molecule has 1 rings (SSSR count). The molecule has 0 radical (unpaired) electrons. The summed E-state index contributed by atoms with van der Waals surface area (Å²) in [7, 11) is 0. The summed E-state index contributed by atoms with van der Waals surface area (Å²) in [6.07, 6.45) is 3.75. The van der Waals surface area contributed by atoms with Crippen molar-refractivity contribution in [3.63, 3.8) is 0 Å². The molecule has 1 aromatic rings. The molecule has 0 heterocycles. The first-order chi connectivity index (χ1) is 6.65. The second kappa shape index (κ2) is 4.46. The van der Waals surface area contributed by atoms with E-state index in [0.29, 0.717) is 0 Å². The highest BCUT2D eigenvalue weighted by molar-refractivity contribution is 5.99. The first kappa shape index (κ1) is 10.3. The lowest BCUT2D eigenvalue weighted by molar-refractivity contribution is 0.0993. The molecule has 2 N–H and O–H groups in total. The summed E-state index contributed by atoms with van der Waals surface area (Å²) >= 11 is 0. The third kappa shape index (κ3) is 2.36. The minimum absolute atomic E-state index is 0.0508. The average molecular weight is 192 g/mol. The molecule has 0 spiro atoms. The van der Waals surface area contributed by atoms with Crippen LogP contribution in [0.4, 0.5) is 0 Å². The third-order valence-electron chi connectivity index (χ3n) is 1.82. The molecule has 0 atom stereocenters. The number of rotatable bonds is 3. The quantitative estimate of drug-likeness (QED) is 0.570. The Morgan fingerprint density at radius 1 is 1.43 bits per heavy atom. The molecule has 0 unspecified atom stereocenters. The largest absolute Gasteiger partial charge is 0.508 e. The Morgan fingerprint density at radius 2 is 2.14 bits per heavy atom. The van der Waals surface area contributed by atoms with Crippen LogP contribution in [0.3, 0.4) is 0 Å². The molecule has 0 aliphatic rings. The van der Waals surface area contributed by atoms with Gasteiger partial charge in [-0.1, -0.05) is 12.2 Å². The van der Waals surface area contributed by atoms with E-state index in [2.05, 4.69) is 0 Å². The molecule has 0 saturated carbocycles. The van der Waals surface area contributed by atoms with E-state index in [9.17, 15) is 9.90 Å². The summed E-state index contributed by atoms with van der Waals surface area (Å²) in [5.41, 5.74) is 0.237. The Hall–Kier alpha value is -1.77. The molecule has 3 nitrogen and oxygen atoms in total. The smallest absolute Gasteiger partial charge is 0.170 e. The van der Waals surface area contributed by atoms with Crippen molar-refractivity contribution in [2.45, 2.75) is 13.3 Å². The van der Waals surface area contributed by atoms with Crippen LogP contribution in [0.25, 0.3) is 0 Å². The van der Waals surface area contributed by atoms with Gasteiger partial charge in [0.25, 0.3) is 0 Å². The van der Waals surface area contributed by atoms with Crippen molar-refractivity contribution in [1.82, 2.24) is 0 Å².